The Morgan fingerprint density at radius 3 is 2.24 bits per heavy atom. The van der Waals surface area contributed by atoms with Crippen molar-refractivity contribution in [3.8, 4) is 0 Å². The highest BCUT2D eigenvalue weighted by atomic mass is 28.4. The van der Waals surface area contributed by atoms with Gasteiger partial charge in [0, 0.05) is 0 Å². The number of hydrogen-bond acceptors (Lipinski definition) is 3. The molecule has 38 heavy (non-hydrogen) atoms. The molecule has 0 aliphatic heterocycles. The molecule has 0 amide bonds. The third-order valence-corrected chi connectivity index (χ3v) is 12.8. The van der Waals surface area contributed by atoms with Crippen molar-refractivity contribution in [1.82, 2.24) is 0 Å². The van der Waals surface area contributed by atoms with Crippen molar-refractivity contribution in [2.45, 2.75) is 117 Å². The lowest BCUT2D eigenvalue weighted by atomic mass is 9.81. The summed E-state index contributed by atoms with van der Waals surface area (Å²) in [7, 11) is -1.85. The normalized spacial score (nSPS) is 16.1. The predicted molar refractivity (Wildman–Crippen MR) is 152 cm³/mol. The van der Waals surface area contributed by atoms with E-state index in [4.69, 9.17) is 9.26 Å². The van der Waals surface area contributed by atoms with Crippen LogP contribution in [0, 0.1) is 0 Å². The van der Waals surface area contributed by atoms with Crippen molar-refractivity contribution in [3.63, 3.8) is 0 Å². The molecule has 7 heteroatoms. The number of rotatable bonds is 9. The van der Waals surface area contributed by atoms with Gasteiger partial charge in [0.25, 0.3) is 0 Å². The molecule has 1 fully saturated rings. The van der Waals surface area contributed by atoms with E-state index in [1.54, 1.807) is 12.1 Å². The molecule has 3 nitrogen and oxygen atoms in total. The van der Waals surface area contributed by atoms with Crippen LogP contribution >= 0.6 is 0 Å². The van der Waals surface area contributed by atoms with Gasteiger partial charge in [0.05, 0.1) is 17.9 Å². The molecule has 0 N–H and O–H groups in total. The summed E-state index contributed by atoms with van der Waals surface area (Å²) in [6.45, 7) is 15.8. The van der Waals surface area contributed by atoms with Gasteiger partial charge in [-0.25, -0.2) is 0 Å². The molecule has 0 spiro atoms. The maximum Gasteiger partial charge on any atom is 0.416 e. The Labute approximate surface area is 227 Å². The summed E-state index contributed by atoms with van der Waals surface area (Å²) >= 11 is 0. The molecule has 0 atom stereocenters. The molecule has 2 aromatic rings. The molecule has 0 unspecified atom stereocenters. The van der Waals surface area contributed by atoms with Crippen LogP contribution in [0.4, 0.5) is 13.2 Å². The molecule has 1 aliphatic carbocycles. The number of alkyl halides is 3. The summed E-state index contributed by atoms with van der Waals surface area (Å²) in [6, 6.07) is 10.8. The lowest BCUT2D eigenvalue weighted by Crippen LogP contribution is -2.40. The molecular formula is C31H44F3NO2Si. The van der Waals surface area contributed by atoms with Crippen molar-refractivity contribution in [2.24, 2.45) is 5.16 Å². The highest BCUT2D eigenvalue weighted by Crippen LogP contribution is 2.41. The van der Waals surface area contributed by atoms with E-state index in [0.717, 1.165) is 44.1 Å². The summed E-state index contributed by atoms with van der Waals surface area (Å²) in [4.78, 5) is 5.52. The number of benzene rings is 2. The molecule has 0 bridgehead atoms. The van der Waals surface area contributed by atoms with E-state index < -0.39 is 20.1 Å². The van der Waals surface area contributed by atoms with Gasteiger partial charge in [-0.1, -0.05) is 76.4 Å². The smallest absolute Gasteiger partial charge is 0.413 e. The lowest BCUT2D eigenvalue weighted by Gasteiger charge is -2.36. The van der Waals surface area contributed by atoms with Gasteiger partial charge < -0.3 is 9.26 Å². The first kappa shape index (κ1) is 30.4. The van der Waals surface area contributed by atoms with Crippen LogP contribution in [0.25, 0.3) is 0 Å². The molecule has 0 saturated heterocycles. The van der Waals surface area contributed by atoms with E-state index in [-0.39, 0.29) is 17.6 Å². The fourth-order valence-corrected chi connectivity index (χ4v) is 5.71. The van der Waals surface area contributed by atoms with Gasteiger partial charge in [0.15, 0.2) is 8.32 Å². The fourth-order valence-electron chi connectivity index (χ4n) is 4.76. The SMILES string of the molecule is CCc1cc(/C(C)=N/OCc2ccc(C3CCCCC3)c(C(F)(F)F)c2)ccc1CO[Si](C)(C)C(C)(C)C. The van der Waals surface area contributed by atoms with Crippen LogP contribution in [0.2, 0.25) is 18.1 Å². The highest BCUT2D eigenvalue weighted by molar-refractivity contribution is 6.74. The van der Waals surface area contributed by atoms with Crippen LogP contribution in [0.15, 0.2) is 41.6 Å². The zero-order valence-corrected chi connectivity index (χ0v) is 25.1. The van der Waals surface area contributed by atoms with Crippen molar-refractivity contribution in [1.29, 1.82) is 0 Å². The first-order chi connectivity index (χ1) is 17.7. The van der Waals surface area contributed by atoms with E-state index in [0.29, 0.717) is 23.4 Å². The molecule has 0 heterocycles. The molecule has 0 radical (unpaired) electrons. The van der Waals surface area contributed by atoms with Gasteiger partial charge in [-0.3, -0.25) is 0 Å². The average Bonchev–Trinajstić information content (AvgIpc) is 2.86. The maximum absolute atomic E-state index is 13.9. The quantitative estimate of drug-likeness (QED) is 0.178. The molecule has 2 aromatic carbocycles. The summed E-state index contributed by atoms with van der Waals surface area (Å²) in [5, 5.41) is 4.38. The van der Waals surface area contributed by atoms with Crippen LogP contribution in [-0.4, -0.2) is 14.0 Å². The minimum atomic E-state index is -4.38. The molecule has 210 valence electrons. The second-order valence-electron chi connectivity index (χ2n) is 12.1. The van der Waals surface area contributed by atoms with Crippen molar-refractivity contribution in [2.75, 3.05) is 0 Å². The monoisotopic (exact) mass is 547 g/mol. The number of oxime groups is 1. The third kappa shape index (κ3) is 7.72. The van der Waals surface area contributed by atoms with Gasteiger partial charge in [-0.05, 0) is 90.2 Å². The third-order valence-electron chi connectivity index (χ3n) is 8.30. The number of hydrogen-bond donors (Lipinski definition) is 0. The van der Waals surface area contributed by atoms with Gasteiger partial charge in [-0.15, -0.1) is 0 Å². The van der Waals surface area contributed by atoms with E-state index in [1.165, 1.54) is 17.2 Å². The van der Waals surface area contributed by atoms with Gasteiger partial charge in [-0.2, -0.15) is 13.2 Å². The van der Waals surface area contributed by atoms with E-state index in [9.17, 15) is 13.2 Å². The summed E-state index contributed by atoms with van der Waals surface area (Å²) in [5.74, 6) is -0.0152. The molecule has 1 aliphatic rings. The summed E-state index contributed by atoms with van der Waals surface area (Å²) < 4.78 is 48.0. The Bertz CT molecular complexity index is 1110. The molecule has 3 rings (SSSR count). The zero-order valence-electron chi connectivity index (χ0n) is 24.1. The second kappa shape index (κ2) is 12.4. The van der Waals surface area contributed by atoms with Crippen LogP contribution in [0.1, 0.15) is 106 Å². The number of nitrogens with zero attached hydrogens (tertiary/aromatic N) is 1. The fraction of sp³-hybridized carbons (Fsp3) is 0.581. The van der Waals surface area contributed by atoms with Crippen LogP contribution in [-0.2, 0) is 35.1 Å². The molecule has 0 aromatic heterocycles. The summed E-state index contributed by atoms with van der Waals surface area (Å²) in [6.07, 6.45) is 1.22. The topological polar surface area (TPSA) is 30.8 Å². The minimum Gasteiger partial charge on any atom is -0.413 e. The van der Waals surface area contributed by atoms with Crippen LogP contribution in [0.5, 0.6) is 0 Å². The van der Waals surface area contributed by atoms with Gasteiger partial charge in [0.1, 0.15) is 6.61 Å². The minimum absolute atomic E-state index is 0.00948. The van der Waals surface area contributed by atoms with Gasteiger partial charge in [0.2, 0.25) is 0 Å². The predicted octanol–water partition coefficient (Wildman–Crippen LogP) is 9.78. The number of aryl methyl sites for hydroxylation is 1. The van der Waals surface area contributed by atoms with Crippen molar-refractivity contribution in [3.05, 3.63) is 69.8 Å². The van der Waals surface area contributed by atoms with Crippen LogP contribution in [0.3, 0.4) is 0 Å². The highest BCUT2D eigenvalue weighted by Gasteiger charge is 2.37. The Kier molecular flexibility index (Phi) is 9.90. The molecule has 1 saturated carbocycles. The van der Waals surface area contributed by atoms with E-state index in [2.05, 4.69) is 58.1 Å². The Morgan fingerprint density at radius 1 is 0.947 bits per heavy atom. The van der Waals surface area contributed by atoms with E-state index in [1.807, 2.05) is 13.0 Å². The first-order valence-corrected chi connectivity index (χ1v) is 16.8. The van der Waals surface area contributed by atoms with Crippen molar-refractivity contribution < 1.29 is 22.4 Å². The zero-order chi connectivity index (χ0) is 28.1. The average molecular weight is 548 g/mol. The Balaban J connectivity index is 1.69. The maximum atomic E-state index is 13.9. The Hall–Kier alpha value is -2.12. The van der Waals surface area contributed by atoms with Crippen molar-refractivity contribution >= 4 is 14.0 Å². The Morgan fingerprint density at radius 2 is 1.63 bits per heavy atom. The standard InChI is InChI=1S/C31H44F3NO2Si/c1-8-24-19-26(15-16-27(24)21-37-38(6,7)30(3,4)5)22(2)35-36-20-23-14-17-28(25-12-10-9-11-13-25)29(18-23)31(32,33)34/h14-19,25H,8-13,20-21H2,1-7H3/b35-22+. The lowest BCUT2D eigenvalue weighted by molar-refractivity contribution is -0.138. The first-order valence-electron chi connectivity index (χ1n) is 13.9. The summed E-state index contributed by atoms with van der Waals surface area (Å²) in [5.41, 5.74) is 4.35. The van der Waals surface area contributed by atoms with E-state index >= 15 is 0 Å². The largest absolute Gasteiger partial charge is 0.416 e. The molecular weight excluding hydrogens is 503 g/mol. The van der Waals surface area contributed by atoms with Crippen LogP contribution < -0.4 is 0 Å². The van der Waals surface area contributed by atoms with Gasteiger partial charge >= 0.3 is 6.18 Å². The number of halogens is 3. The second-order valence-corrected chi connectivity index (χ2v) is 16.9.